The summed E-state index contributed by atoms with van der Waals surface area (Å²) in [5, 5.41) is 11.9. The van der Waals surface area contributed by atoms with Crippen LogP contribution in [-0.4, -0.2) is 24.2 Å². The van der Waals surface area contributed by atoms with Gasteiger partial charge in [-0.2, -0.15) is 0 Å². The molecule has 1 rings (SSSR count). The van der Waals surface area contributed by atoms with E-state index < -0.39 is 5.54 Å². The van der Waals surface area contributed by atoms with Crippen LogP contribution in [0.25, 0.3) is 0 Å². The molecule has 0 spiro atoms. The number of nitrogens with one attached hydrogen (secondary N) is 1. The number of amides is 1. The number of aliphatic hydroxyl groups excluding tert-OH is 1. The van der Waals surface area contributed by atoms with Crippen LogP contribution in [0.3, 0.4) is 0 Å². The van der Waals surface area contributed by atoms with Crippen LogP contribution in [0.5, 0.6) is 0 Å². The Morgan fingerprint density at radius 1 is 1.56 bits per heavy atom. The third-order valence-corrected chi connectivity index (χ3v) is 2.45. The average Bonchev–Trinajstić information content (AvgIpc) is 2.29. The topological polar surface area (TPSA) is 75.4 Å². The van der Waals surface area contributed by atoms with Crippen LogP contribution < -0.4 is 11.1 Å². The minimum Gasteiger partial charge on any atom is -0.394 e. The van der Waals surface area contributed by atoms with Crippen molar-refractivity contribution >= 4 is 5.91 Å². The highest BCUT2D eigenvalue weighted by atomic mass is 16.3. The highest BCUT2D eigenvalue weighted by Gasteiger charge is 2.20. The number of hydrogen-bond donors (Lipinski definition) is 3. The van der Waals surface area contributed by atoms with Crippen LogP contribution in [0.15, 0.2) is 24.3 Å². The van der Waals surface area contributed by atoms with Gasteiger partial charge >= 0.3 is 0 Å². The van der Waals surface area contributed by atoms with E-state index in [0.717, 1.165) is 5.56 Å². The van der Waals surface area contributed by atoms with E-state index in [1.165, 1.54) is 0 Å². The summed E-state index contributed by atoms with van der Waals surface area (Å²) in [7, 11) is 0. The van der Waals surface area contributed by atoms with Gasteiger partial charge in [-0.15, -0.1) is 0 Å². The van der Waals surface area contributed by atoms with Crippen molar-refractivity contribution in [3.05, 3.63) is 35.4 Å². The quantitative estimate of drug-likeness (QED) is 0.698. The van der Waals surface area contributed by atoms with Crippen LogP contribution in [-0.2, 0) is 5.54 Å². The number of rotatable bonds is 4. The second-order valence-corrected chi connectivity index (χ2v) is 4.02. The molecule has 0 fully saturated rings. The van der Waals surface area contributed by atoms with Gasteiger partial charge in [-0.05, 0) is 31.5 Å². The van der Waals surface area contributed by atoms with Crippen molar-refractivity contribution in [3.8, 4) is 0 Å². The Labute approximate surface area is 95.5 Å². The second-order valence-electron chi connectivity index (χ2n) is 4.02. The molecular formula is C12H18N2O2. The molecule has 0 bridgehead atoms. The van der Waals surface area contributed by atoms with Gasteiger partial charge in [0, 0.05) is 12.1 Å². The Bertz CT molecular complexity index is 375. The van der Waals surface area contributed by atoms with Crippen molar-refractivity contribution in [1.29, 1.82) is 0 Å². The van der Waals surface area contributed by atoms with Crippen molar-refractivity contribution in [2.75, 3.05) is 13.2 Å². The van der Waals surface area contributed by atoms with E-state index in [1.54, 1.807) is 31.2 Å². The molecule has 1 aromatic rings. The minimum absolute atomic E-state index is 0.127. The first-order valence-electron chi connectivity index (χ1n) is 5.29. The van der Waals surface area contributed by atoms with Crippen molar-refractivity contribution in [2.24, 2.45) is 5.73 Å². The summed E-state index contributed by atoms with van der Waals surface area (Å²) in [6, 6.07) is 7.00. The molecule has 16 heavy (non-hydrogen) atoms. The zero-order chi connectivity index (χ0) is 12.2. The van der Waals surface area contributed by atoms with E-state index in [9.17, 15) is 4.79 Å². The van der Waals surface area contributed by atoms with E-state index in [-0.39, 0.29) is 12.5 Å². The standard InChI is InChI=1S/C12H18N2O2/c1-3-14-11(16)9-5-4-6-10(7-9)12(2,13)8-15/h4-7,15H,3,8,13H2,1-2H3,(H,14,16). The Balaban J connectivity index is 3.00. The number of nitrogens with two attached hydrogens (primary N) is 1. The smallest absolute Gasteiger partial charge is 0.251 e. The lowest BCUT2D eigenvalue weighted by molar-refractivity contribution is 0.0955. The highest BCUT2D eigenvalue weighted by Crippen LogP contribution is 2.18. The van der Waals surface area contributed by atoms with E-state index in [1.807, 2.05) is 6.92 Å². The third-order valence-electron chi connectivity index (χ3n) is 2.45. The molecule has 0 radical (unpaired) electrons. The molecule has 1 atom stereocenters. The fraction of sp³-hybridized carbons (Fsp3) is 0.417. The number of benzene rings is 1. The summed E-state index contributed by atoms with van der Waals surface area (Å²) >= 11 is 0. The molecule has 4 nitrogen and oxygen atoms in total. The Morgan fingerprint density at radius 3 is 2.81 bits per heavy atom. The van der Waals surface area contributed by atoms with Gasteiger partial charge in [0.25, 0.3) is 5.91 Å². The maximum atomic E-state index is 11.6. The molecule has 0 aliphatic heterocycles. The summed E-state index contributed by atoms with van der Waals surface area (Å²) in [6.07, 6.45) is 0. The number of aliphatic hydroxyl groups is 1. The molecule has 0 saturated carbocycles. The molecule has 1 aromatic carbocycles. The van der Waals surface area contributed by atoms with Gasteiger partial charge < -0.3 is 16.2 Å². The lowest BCUT2D eigenvalue weighted by Gasteiger charge is -2.22. The molecule has 0 heterocycles. The molecule has 0 saturated heterocycles. The summed E-state index contributed by atoms with van der Waals surface area (Å²) in [4.78, 5) is 11.6. The lowest BCUT2D eigenvalue weighted by atomic mass is 9.93. The second kappa shape index (κ2) is 5.09. The van der Waals surface area contributed by atoms with Crippen LogP contribution in [0.4, 0.5) is 0 Å². The van der Waals surface area contributed by atoms with Gasteiger partial charge in [0.15, 0.2) is 0 Å². The number of hydrogen-bond acceptors (Lipinski definition) is 3. The molecule has 0 aromatic heterocycles. The van der Waals surface area contributed by atoms with Gasteiger partial charge in [0.1, 0.15) is 0 Å². The fourth-order valence-electron chi connectivity index (χ4n) is 1.37. The number of carbonyl (C=O) groups is 1. The molecular weight excluding hydrogens is 204 g/mol. The predicted octanol–water partition coefficient (Wildman–Crippen LogP) is 0.603. The summed E-state index contributed by atoms with van der Waals surface area (Å²) in [5.41, 5.74) is 6.39. The van der Waals surface area contributed by atoms with E-state index >= 15 is 0 Å². The zero-order valence-corrected chi connectivity index (χ0v) is 9.66. The van der Waals surface area contributed by atoms with Gasteiger partial charge in [-0.1, -0.05) is 12.1 Å². The Morgan fingerprint density at radius 2 is 2.25 bits per heavy atom. The van der Waals surface area contributed by atoms with Crippen LogP contribution in [0.1, 0.15) is 29.8 Å². The lowest BCUT2D eigenvalue weighted by Crippen LogP contribution is -2.37. The molecule has 4 heteroatoms. The van der Waals surface area contributed by atoms with E-state index in [2.05, 4.69) is 5.32 Å². The molecule has 88 valence electrons. The molecule has 4 N–H and O–H groups in total. The first kappa shape index (κ1) is 12.7. The van der Waals surface area contributed by atoms with Crippen LogP contribution >= 0.6 is 0 Å². The van der Waals surface area contributed by atoms with E-state index in [4.69, 9.17) is 10.8 Å². The van der Waals surface area contributed by atoms with Crippen molar-refractivity contribution in [3.63, 3.8) is 0 Å². The summed E-state index contributed by atoms with van der Waals surface area (Å²) in [6.45, 7) is 4.02. The van der Waals surface area contributed by atoms with E-state index in [0.29, 0.717) is 12.1 Å². The molecule has 0 aliphatic rings. The van der Waals surface area contributed by atoms with Gasteiger partial charge in [-0.3, -0.25) is 4.79 Å². The monoisotopic (exact) mass is 222 g/mol. The highest BCUT2D eigenvalue weighted by molar-refractivity contribution is 5.94. The maximum absolute atomic E-state index is 11.6. The fourth-order valence-corrected chi connectivity index (χ4v) is 1.37. The summed E-state index contributed by atoms with van der Waals surface area (Å²) < 4.78 is 0. The molecule has 0 aliphatic carbocycles. The maximum Gasteiger partial charge on any atom is 0.251 e. The number of carbonyl (C=O) groups excluding carboxylic acids is 1. The minimum atomic E-state index is -0.817. The Hall–Kier alpha value is -1.39. The Kier molecular flexibility index (Phi) is 4.04. The van der Waals surface area contributed by atoms with Crippen LogP contribution in [0, 0.1) is 0 Å². The first-order valence-corrected chi connectivity index (χ1v) is 5.29. The van der Waals surface area contributed by atoms with Gasteiger partial charge in [0.05, 0.1) is 12.1 Å². The first-order chi connectivity index (χ1) is 7.51. The average molecular weight is 222 g/mol. The zero-order valence-electron chi connectivity index (χ0n) is 9.66. The van der Waals surface area contributed by atoms with Crippen molar-refractivity contribution < 1.29 is 9.90 Å². The third kappa shape index (κ3) is 2.81. The van der Waals surface area contributed by atoms with Crippen molar-refractivity contribution in [2.45, 2.75) is 19.4 Å². The van der Waals surface area contributed by atoms with Gasteiger partial charge in [0.2, 0.25) is 0 Å². The normalized spacial score (nSPS) is 14.2. The molecule has 1 amide bonds. The van der Waals surface area contributed by atoms with Crippen molar-refractivity contribution in [1.82, 2.24) is 5.32 Å². The predicted molar refractivity (Wildman–Crippen MR) is 63.1 cm³/mol. The van der Waals surface area contributed by atoms with Gasteiger partial charge in [-0.25, -0.2) is 0 Å². The molecule has 1 unspecified atom stereocenters. The SMILES string of the molecule is CCNC(=O)c1cccc(C(C)(N)CO)c1. The van der Waals surface area contributed by atoms with Crippen LogP contribution in [0.2, 0.25) is 0 Å². The largest absolute Gasteiger partial charge is 0.394 e. The summed E-state index contributed by atoms with van der Waals surface area (Å²) in [5.74, 6) is -0.127.